The Morgan fingerprint density at radius 1 is 1.33 bits per heavy atom. The number of rotatable bonds is 7. The largest absolute Gasteiger partial charge is 0.317 e. The number of nitrogens with zero attached hydrogens (tertiary/aromatic N) is 1. The molecule has 4 heteroatoms. The van der Waals surface area contributed by atoms with Gasteiger partial charge in [0.05, 0.1) is 5.02 Å². The highest BCUT2D eigenvalue weighted by atomic mass is 35.5. The quantitative estimate of drug-likeness (QED) is 0.698. The van der Waals surface area contributed by atoms with Gasteiger partial charge in [-0.15, -0.1) is 0 Å². The lowest BCUT2D eigenvalue weighted by atomic mass is 10.2. The molecule has 0 aliphatic carbocycles. The second-order valence-corrected chi connectivity index (χ2v) is 3.76. The Kier molecular flexibility index (Phi) is 6.32. The third kappa shape index (κ3) is 5.11. The molecule has 0 amide bonds. The normalized spacial score (nSPS) is 10.5. The van der Waals surface area contributed by atoms with Gasteiger partial charge in [0, 0.05) is 18.9 Å². The van der Waals surface area contributed by atoms with Gasteiger partial charge in [-0.05, 0) is 37.7 Å². The van der Waals surface area contributed by atoms with Crippen LogP contribution in [0, 0.1) is 0 Å². The van der Waals surface area contributed by atoms with Crippen molar-refractivity contribution < 1.29 is 0 Å². The Morgan fingerprint density at radius 3 is 2.87 bits per heavy atom. The van der Waals surface area contributed by atoms with E-state index in [0.717, 1.165) is 43.2 Å². The maximum Gasteiger partial charge on any atom is 0.0634 e. The average Bonchev–Trinajstić information content (AvgIpc) is 2.25. The molecule has 0 saturated heterocycles. The van der Waals surface area contributed by atoms with E-state index in [0.29, 0.717) is 0 Å². The van der Waals surface area contributed by atoms with Gasteiger partial charge in [-0.1, -0.05) is 18.5 Å². The summed E-state index contributed by atoms with van der Waals surface area (Å²) in [5, 5.41) is 7.36. The lowest BCUT2D eigenvalue weighted by molar-refractivity contribution is 0.606. The molecule has 0 aliphatic heterocycles. The molecule has 2 N–H and O–H groups in total. The van der Waals surface area contributed by atoms with Crippen LogP contribution in [0.1, 0.15) is 18.9 Å². The molecular weight excluding hydrogens is 210 g/mol. The summed E-state index contributed by atoms with van der Waals surface area (Å²) < 4.78 is 0. The molecule has 0 aromatic carbocycles. The van der Waals surface area contributed by atoms with Gasteiger partial charge in [-0.25, -0.2) is 0 Å². The first kappa shape index (κ1) is 12.4. The van der Waals surface area contributed by atoms with Gasteiger partial charge in [0.1, 0.15) is 0 Å². The van der Waals surface area contributed by atoms with Crippen molar-refractivity contribution in [3.05, 3.63) is 29.0 Å². The Hall–Kier alpha value is -0.640. The van der Waals surface area contributed by atoms with Gasteiger partial charge in [-0.3, -0.25) is 4.98 Å². The summed E-state index contributed by atoms with van der Waals surface area (Å²) in [6.45, 7) is 6.03. The molecular formula is C11H18ClN3. The predicted octanol–water partition coefficient (Wildman–Crippen LogP) is 1.82. The highest BCUT2D eigenvalue weighted by Gasteiger charge is 1.97. The third-order valence-electron chi connectivity index (χ3n) is 2.13. The van der Waals surface area contributed by atoms with Crippen molar-refractivity contribution >= 4 is 11.6 Å². The van der Waals surface area contributed by atoms with Gasteiger partial charge in [0.25, 0.3) is 0 Å². The first-order chi connectivity index (χ1) is 7.34. The van der Waals surface area contributed by atoms with Crippen LogP contribution in [0.5, 0.6) is 0 Å². The molecule has 0 aliphatic rings. The molecule has 0 unspecified atom stereocenters. The Morgan fingerprint density at radius 2 is 2.13 bits per heavy atom. The van der Waals surface area contributed by atoms with Crippen LogP contribution in [-0.4, -0.2) is 24.6 Å². The van der Waals surface area contributed by atoms with Crippen molar-refractivity contribution in [2.24, 2.45) is 0 Å². The van der Waals surface area contributed by atoms with Crippen molar-refractivity contribution in [2.45, 2.75) is 19.9 Å². The number of hydrogen-bond donors (Lipinski definition) is 2. The van der Waals surface area contributed by atoms with E-state index in [2.05, 4.69) is 22.5 Å². The molecule has 15 heavy (non-hydrogen) atoms. The number of pyridine rings is 1. The standard InChI is InChI=1S/C11H18ClN3/c1-2-13-5-3-6-14-8-10-4-7-15-9-11(10)12/h4,7,9,13-14H,2-3,5-6,8H2,1H3. The molecule has 3 nitrogen and oxygen atoms in total. The molecule has 1 heterocycles. The molecule has 1 aromatic heterocycles. The summed E-state index contributed by atoms with van der Waals surface area (Å²) in [6, 6.07) is 1.94. The summed E-state index contributed by atoms with van der Waals surface area (Å²) >= 11 is 5.97. The van der Waals surface area contributed by atoms with Crippen molar-refractivity contribution in [3.63, 3.8) is 0 Å². The van der Waals surface area contributed by atoms with Gasteiger partial charge in [0.15, 0.2) is 0 Å². The first-order valence-electron chi connectivity index (χ1n) is 5.34. The maximum atomic E-state index is 5.97. The Labute approximate surface area is 96.2 Å². The maximum absolute atomic E-state index is 5.97. The van der Waals surface area contributed by atoms with Crippen LogP contribution in [0.4, 0.5) is 0 Å². The van der Waals surface area contributed by atoms with Crippen LogP contribution in [0.25, 0.3) is 0 Å². The molecule has 0 radical (unpaired) electrons. The highest BCUT2D eigenvalue weighted by molar-refractivity contribution is 6.31. The van der Waals surface area contributed by atoms with Crippen molar-refractivity contribution in [2.75, 3.05) is 19.6 Å². The molecule has 0 fully saturated rings. The fourth-order valence-corrected chi connectivity index (χ4v) is 1.47. The second kappa shape index (κ2) is 7.63. The fraction of sp³-hybridized carbons (Fsp3) is 0.545. The lowest BCUT2D eigenvalue weighted by Gasteiger charge is -2.06. The van der Waals surface area contributed by atoms with Gasteiger partial charge in [0.2, 0.25) is 0 Å². The van der Waals surface area contributed by atoms with Crippen LogP contribution in [0.15, 0.2) is 18.5 Å². The lowest BCUT2D eigenvalue weighted by Crippen LogP contribution is -2.21. The minimum absolute atomic E-state index is 0.733. The minimum Gasteiger partial charge on any atom is -0.317 e. The van der Waals surface area contributed by atoms with Crippen molar-refractivity contribution in [1.82, 2.24) is 15.6 Å². The average molecular weight is 228 g/mol. The van der Waals surface area contributed by atoms with Crippen LogP contribution in [-0.2, 0) is 6.54 Å². The number of nitrogens with one attached hydrogen (secondary N) is 2. The highest BCUT2D eigenvalue weighted by Crippen LogP contribution is 2.12. The Balaban J connectivity index is 2.12. The molecule has 0 atom stereocenters. The SMILES string of the molecule is CCNCCCNCc1ccncc1Cl. The van der Waals surface area contributed by atoms with Crippen molar-refractivity contribution in [1.29, 1.82) is 0 Å². The summed E-state index contributed by atoms with van der Waals surface area (Å²) in [7, 11) is 0. The van der Waals surface area contributed by atoms with E-state index in [-0.39, 0.29) is 0 Å². The zero-order valence-electron chi connectivity index (χ0n) is 9.09. The molecule has 84 valence electrons. The van der Waals surface area contributed by atoms with E-state index in [1.54, 1.807) is 12.4 Å². The summed E-state index contributed by atoms with van der Waals surface area (Å²) in [5.41, 5.74) is 1.11. The second-order valence-electron chi connectivity index (χ2n) is 3.35. The van der Waals surface area contributed by atoms with Gasteiger partial charge < -0.3 is 10.6 Å². The predicted molar refractivity (Wildman–Crippen MR) is 64.1 cm³/mol. The molecule has 1 rings (SSSR count). The summed E-state index contributed by atoms with van der Waals surface area (Å²) in [6.07, 6.45) is 4.58. The van der Waals surface area contributed by atoms with Gasteiger partial charge in [-0.2, -0.15) is 0 Å². The van der Waals surface area contributed by atoms with E-state index in [4.69, 9.17) is 11.6 Å². The van der Waals surface area contributed by atoms with Crippen LogP contribution >= 0.6 is 11.6 Å². The zero-order valence-corrected chi connectivity index (χ0v) is 9.85. The van der Waals surface area contributed by atoms with E-state index >= 15 is 0 Å². The fourth-order valence-electron chi connectivity index (χ4n) is 1.29. The van der Waals surface area contributed by atoms with E-state index in [1.807, 2.05) is 6.07 Å². The van der Waals surface area contributed by atoms with Gasteiger partial charge >= 0.3 is 0 Å². The van der Waals surface area contributed by atoms with Crippen molar-refractivity contribution in [3.8, 4) is 0 Å². The molecule has 1 aromatic rings. The number of hydrogen-bond acceptors (Lipinski definition) is 3. The molecule has 0 spiro atoms. The third-order valence-corrected chi connectivity index (χ3v) is 2.47. The van der Waals surface area contributed by atoms with Crippen LogP contribution in [0.3, 0.4) is 0 Å². The van der Waals surface area contributed by atoms with E-state index in [1.165, 1.54) is 0 Å². The smallest absolute Gasteiger partial charge is 0.0634 e. The summed E-state index contributed by atoms with van der Waals surface area (Å²) in [4.78, 5) is 3.94. The zero-order chi connectivity index (χ0) is 10.9. The minimum atomic E-state index is 0.733. The topological polar surface area (TPSA) is 37.0 Å². The Bertz CT molecular complexity index is 278. The van der Waals surface area contributed by atoms with E-state index < -0.39 is 0 Å². The monoisotopic (exact) mass is 227 g/mol. The van der Waals surface area contributed by atoms with Crippen LogP contribution < -0.4 is 10.6 Å². The first-order valence-corrected chi connectivity index (χ1v) is 5.72. The number of halogens is 1. The van der Waals surface area contributed by atoms with Crippen LogP contribution in [0.2, 0.25) is 5.02 Å². The molecule has 0 saturated carbocycles. The summed E-state index contributed by atoms with van der Waals surface area (Å²) in [5.74, 6) is 0. The number of aromatic nitrogens is 1. The van der Waals surface area contributed by atoms with E-state index in [9.17, 15) is 0 Å². The molecule has 0 bridgehead atoms.